The van der Waals surface area contributed by atoms with Crippen molar-refractivity contribution in [3.05, 3.63) is 199 Å². The van der Waals surface area contributed by atoms with Crippen LogP contribution in [0.15, 0.2) is 196 Å². The highest BCUT2D eigenvalue weighted by Crippen LogP contribution is 2.39. The molecule has 56 heavy (non-hydrogen) atoms. The first kappa shape index (κ1) is 30.9. The van der Waals surface area contributed by atoms with E-state index in [1.165, 1.54) is 43.1 Å². The average Bonchev–Trinajstić information content (AvgIpc) is 3.82. The van der Waals surface area contributed by atoms with E-state index in [0.717, 1.165) is 61.2 Å². The molecule has 0 saturated heterocycles. The Bertz CT molecular complexity index is 3390. The number of fused-ring (bicyclic) bond motifs is 12. The zero-order chi connectivity index (χ0) is 36.7. The lowest BCUT2D eigenvalue weighted by Crippen LogP contribution is -2.36. The van der Waals surface area contributed by atoms with Crippen molar-refractivity contribution in [1.82, 2.24) is 9.88 Å². The first-order valence-electron chi connectivity index (χ1n) is 19.0. The molecule has 2 aromatic heterocycles. The number of furan rings is 1. The van der Waals surface area contributed by atoms with Crippen LogP contribution in [-0.4, -0.2) is 16.2 Å². The van der Waals surface area contributed by atoms with E-state index < -0.39 is 6.17 Å². The Balaban J connectivity index is 1.11. The van der Waals surface area contributed by atoms with Gasteiger partial charge in [0.25, 0.3) is 0 Å². The van der Waals surface area contributed by atoms with E-state index in [4.69, 9.17) is 14.4 Å². The van der Waals surface area contributed by atoms with Crippen LogP contribution in [0.1, 0.15) is 22.9 Å². The van der Waals surface area contributed by atoms with Gasteiger partial charge in [-0.3, -0.25) is 0 Å². The van der Waals surface area contributed by atoms with Gasteiger partial charge in [0.1, 0.15) is 22.8 Å². The van der Waals surface area contributed by atoms with Crippen molar-refractivity contribution in [1.29, 1.82) is 0 Å². The van der Waals surface area contributed by atoms with Gasteiger partial charge in [-0.05, 0) is 68.7 Å². The predicted molar refractivity (Wildman–Crippen MR) is 232 cm³/mol. The SMILES string of the molecule is c1ccc(-n2c3ccccc3c3ccccc32)c(C2N=C(c3ccc4c5ccccc5c5ccccc5c4c3)NC(c3cccc4c3oc3ccccc34)=N2)c1. The first-order valence-corrected chi connectivity index (χ1v) is 19.0. The third kappa shape index (κ3) is 4.55. The van der Waals surface area contributed by atoms with Gasteiger partial charge in [0, 0.05) is 32.7 Å². The summed E-state index contributed by atoms with van der Waals surface area (Å²) in [6, 6.07) is 64.4. The van der Waals surface area contributed by atoms with Crippen LogP contribution in [0.3, 0.4) is 0 Å². The fourth-order valence-electron chi connectivity index (χ4n) is 8.95. The number of hydrogen-bond donors (Lipinski definition) is 1. The lowest BCUT2D eigenvalue weighted by molar-refractivity contribution is 0.667. The second kappa shape index (κ2) is 12.0. The van der Waals surface area contributed by atoms with Gasteiger partial charge < -0.3 is 14.3 Å². The van der Waals surface area contributed by atoms with Crippen LogP contribution in [0.2, 0.25) is 0 Å². The van der Waals surface area contributed by atoms with E-state index in [2.05, 4.69) is 180 Å². The lowest BCUT2D eigenvalue weighted by Gasteiger charge is -2.24. The number of rotatable bonds is 4. The predicted octanol–water partition coefficient (Wildman–Crippen LogP) is 12.6. The molecule has 0 fully saturated rings. The molecular formula is C51H32N4O. The highest BCUT2D eigenvalue weighted by atomic mass is 16.3. The van der Waals surface area contributed by atoms with Crippen molar-refractivity contribution in [3.8, 4) is 5.69 Å². The summed E-state index contributed by atoms with van der Waals surface area (Å²) in [6.45, 7) is 0. The van der Waals surface area contributed by atoms with Crippen molar-refractivity contribution in [3.63, 3.8) is 0 Å². The molecular weight excluding hydrogens is 685 g/mol. The Kier molecular flexibility index (Phi) is 6.63. The Morgan fingerprint density at radius 2 is 0.964 bits per heavy atom. The molecule has 1 unspecified atom stereocenters. The first-order chi connectivity index (χ1) is 27.8. The van der Waals surface area contributed by atoms with Crippen LogP contribution >= 0.6 is 0 Å². The molecule has 0 spiro atoms. The summed E-state index contributed by atoms with van der Waals surface area (Å²) in [6.07, 6.45) is -0.555. The van der Waals surface area contributed by atoms with Gasteiger partial charge in [-0.15, -0.1) is 0 Å². The molecule has 1 aliphatic heterocycles. The van der Waals surface area contributed by atoms with Gasteiger partial charge in [-0.25, -0.2) is 9.98 Å². The second-order valence-corrected chi connectivity index (χ2v) is 14.5. The molecule has 12 rings (SSSR count). The zero-order valence-corrected chi connectivity index (χ0v) is 30.1. The van der Waals surface area contributed by atoms with E-state index >= 15 is 0 Å². The molecule has 0 bridgehead atoms. The quantitative estimate of drug-likeness (QED) is 0.184. The summed E-state index contributed by atoms with van der Waals surface area (Å²) in [4.78, 5) is 10.9. The summed E-state index contributed by atoms with van der Waals surface area (Å²) in [5.74, 6) is 1.47. The molecule has 0 aliphatic carbocycles. The van der Waals surface area contributed by atoms with E-state index in [0.29, 0.717) is 5.84 Å². The Morgan fingerprint density at radius 3 is 1.68 bits per heavy atom. The molecule has 1 N–H and O–H groups in total. The lowest BCUT2D eigenvalue weighted by atomic mass is 9.93. The van der Waals surface area contributed by atoms with Crippen LogP contribution in [0, 0.1) is 0 Å². The number of amidine groups is 2. The van der Waals surface area contributed by atoms with Crippen LogP contribution in [0.5, 0.6) is 0 Å². The number of hydrogen-bond acceptors (Lipinski definition) is 4. The van der Waals surface area contributed by atoms with Crippen LogP contribution in [-0.2, 0) is 0 Å². The summed E-state index contributed by atoms with van der Waals surface area (Å²) in [7, 11) is 0. The van der Waals surface area contributed by atoms with Gasteiger partial charge >= 0.3 is 0 Å². The van der Waals surface area contributed by atoms with Crippen LogP contribution in [0.4, 0.5) is 0 Å². The maximum absolute atomic E-state index is 6.58. The van der Waals surface area contributed by atoms with Crippen molar-refractivity contribution in [2.75, 3.05) is 0 Å². The van der Waals surface area contributed by atoms with Crippen LogP contribution in [0.25, 0.3) is 81.7 Å². The minimum absolute atomic E-state index is 0.555. The van der Waals surface area contributed by atoms with E-state index in [1.54, 1.807) is 0 Å². The normalized spacial score (nSPS) is 14.6. The van der Waals surface area contributed by atoms with Gasteiger partial charge in [-0.2, -0.15) is 0 Å². The number of benzene rings is 9. The van der Waals surface area contributed by atoms with Gasteiger partial charge in [0.15, 0.2) is 6.17 Å². The second-order valence-electron chi connectivity index (χ2n) is 14.5. The highest BCUT2D eigenvalue weighted by Gasteiger charge is 2.26. The van der Waals surface area contributed by atoms with Crippen molar-refractivity contribution >= 4 is 87.7 Å². The van der Waals surface area contributed by atoms with Crippen molar-refractivity contribution < 1.29 is 4.42 Å². The van der Waals surface area contributed by atoms with E-state index in [9.17, 15) is 0 Å². The summed E-state index contributed by atoms with van der Waals surface area (Å²) in [5.41, 5.74) is 7.86. The number of nitrogens with one attached hydrogen (secondary N) is 1. The van der Waals surface area contributed by atoms with E-state index in [1.807, 2.05) is 12.1 Å². The molecule has 1 atom stereocenters. The third-order valence-electron chi connectivity index (χ3n) is 11.5. The molecule has 0 saturated carbocycles. The minimum Gasteiger partial charge on any atom is -0.455 e. The van der Waals surface area contributed by atoms with Crippen molar-refractivity contribution in [2.24, 2.45) is 9.98 Å². The topological polar surface area (TPSA) is 54.8 Å². The third-order valence-corrected chi connectivity index (χ3v) is 11.5. The fraction of sp³-hybridized carbons (Fsp3) is 0.0196. The molecule has 9 aromatic carbocycles. The Labute approximate surface area is 321 Å². The Morgan fingerprint density at radius 1 is 0.429 bits per heavy atom. The molecule has 0 radical (unpaired) electrons. The summed E-state index contributed by atoms with van der Waals surface area (Å²) in [5, 5.41) is 15.6. The van der Waals surface area contributed by atoms with E-state index in [-0.39, 0.29) is 0 Å². The highest BCUT2D eigenvalue weighted by molar-refractivity contribution is 6.27. The number of aliphatic imine (C=N–C) groups is 2. The van der Waals surface area contributed by atoms with Gasteiger partial charge in [-0.1, -0.05) is 146 Å². The maximum Gasteiger partial charge on any atom is 0.171 e. The van der Waals surface area contributed by atoms with Crippen molar-refractivity contribution in [2.45, 2.75) is 6.17 Å². The monoisotopic (exact) mass is 716 g/mol. The molecule has 1 aliphatic rings. The molecule has 3 heterocycles. The largest absolute Gasteiger partial charge is 0.455 e. The number of para-hydroxylation sites is 5. The molecule has 0 amide bonds. The fourth-order valence-corrected chi connectivity index (χ4v) is 8.95. The van der Waals surface area contributed by atoms with Crippen LogP contribution < -0.4 is 5.32 Å². The summed E-state index contributed by atoms with van der Waals surface area (Å²) >= 11 is 0. The molecule has 262 valence electrons. The minimum atomic E-state index is -0.555. The Hall–Kier alpha value is -7.50. The number of nitrogens with zero attached hydrogens (tertiary/aromatic N) is 3. The average molecular weight is 717 g/mol. The molecule has 5 heteroatoms. The molecule has 5 nitrogen and oxygen atoms in total. The summed E-state index contributed by atoms with van der Waals surface area (Å²) < 4.78 is 8.94. The standard InChI is InChI=1S/C51H32N4O/c1-2-16-34-32(14-1)33-15-3-4-17-35(33)43-30-31(28-29-36(34)43)49-52-50(54-51(53-49)42-23-13-22-40-39-20-8-12-27-47(39)56-48(40)42)41-21-7-11-26-46(41)55-44-24-9-5-18-37(44)38-19-6-10-25-45(38)55/h1-30,50H,(H,52,53,54). The van der Waals surface area contributed by atoms with Gasteiger partial charge in [0.05, 0.1) is 22.3 Å². The molecule has 11 aromatic rings. The smallest absolute Gasteiger partial charge is 0.171 e. The number of aromatic nitrogens is 1. The maximum atomic E-state index is 6.58. The van der Waals surface area contributed by atoms with Gasteiger partial charge in [0.2, 0.25) is 0 Å². The zero-order valence-electron chi connectivity index (χ0n) is 30.1.